The fraction of sp³-hybridized carbons (Fsp3) is 0.562. The smallest absolute Gasteiger partial charge is 0.225 e. The molecule has 0 bridgehead atoms. The number of nitrogens with two attached hydrogens (primary N) is 1. The maximum atomic E-state index is 12.0. The van der Waals surface area contributed by atoms with E-state index in [0.717, 1.165) is 13.0 Å². The molecule has 1 unspecified atom stereocenters. The van der Waals surface area contributed by atoms with Crippen molar-refractivity contribution in [2.24, 2.45) is 5.92 Å². The van der Waals surface area contributed by atoms with Crippen molar-refractivity contribution in [3.8, 4) is 0 Å². The average Bonchev–Trinajstić information content (AvgIpc) is 2.38. The third-order valence-corrected chi connectivity index (χ3v) is 3.78. The molecule has 0 radical (unpaired) electrons. The van der Waals surface area contributed by atoms with Crippen LogP contribution in [0.1, 0.15) is 33.6 Å². The quantitative estimate of drug-likeness (QED) is 0.756. The summed E-state index contributed by atoms with van der Waals surface area (Å²) < 4.78 is 0. The third kappa shape index (κ3) is 6.36. The Morgan fingerprint density at radius 1 is 1.38 bits per heavy atom. The zero-order valence-corrected chi connectivity index (χ0v) is 14.1. The second-order valence-corrected chi connectivity index (χ2v) is 6.43. The molecule has 1 atom stereocenters. The van der Waals surface area contributed by atoms with Crippen molar-refractivity contribution in [2.45, 2.75) is 39.7 Å². The van der Waals surface area contributed by atoms with Crippen LogP contribution in [0.3, 0.4) is 0 Å². The number of nitrogen functional groups attached to an aromatic ring is 1. The maximum Gasteiger partial charge on any atom is 0.225 e. The van der Waals surface area contributed by atoms with Crippen LogP contribution in [0, 0.1) is 5.92 Å². The van der Waals surface area contributed by atoms with Crippen LogP contribution in [0.25, 0.3) is 0 Å². The first kappa shape index (κ1) is 17.8. The summed E-state index contributed by atoms with van der Waals surface area (Å²) in [5.74, 6) is 0.623. The lowest BCUT2D eigenvalue weighted by Crippen LogP contribution is -2.33. The fourth-order valence-corrected chi connectivity index (χ4v) is 2.40. The highest BCUT2D eigenvalue weighted by atomic mass is 35.5. The lowest BCUT2D eigenvalue weighted by molar-refractivity contribution is -0.116. The van der Waals surface area contributed by atoms with Gasteiger partial charge in [0, 0.05) is 24.0 Å². The van der Waals surface area contributed by atoms with Gasteiger partial charge in [0.05, 0.1) is 11.4 Å². The highest BCUT2D eigenvalue weighted by Gasteiger charge is 2.13. The number of hydrogen-bond donors (Lipinski definition) is 2. The first-order chi connectivity index (χ1) is 9.79. The Morgan fingerprint density at radius 3 is 2.62 bits per heavy atom. The molecule has 3 N–H and O–H groups in total. The van der Waals surface area contributed by atoms with Crippen LogP contribution in [-0.2, 0) is 4.79 Å². The van der Waals surface area contributed by atoms with Crippen molar-refractivity contribution in [3.63, 3.8) is 0 Å². The van der Waals surface area contributed by atoms with Gasteiger partial charge >= 0.3 is 0 Å². The van der Waals surface area contributed by atoms with E-state index in [-0.39, 0.29) is 5.91 Å². The van der Waals surface area contributed by atoms with E-state index in [1.165, 1.54) is 0 Å². The van der Waals surface area contributed by atoms with E-state index in [1.54, 1.807) is 18.2 Å². The summed E-state index contributed by atoms with van der Waals surface area (Å²) in [4.78, 5) is 14.2. The summed E-state index contributed by atoms with van der Waals surface area (Å²) in [6, 6.07) is 5.54. The van der Waals surface area contributed by atoms with Crippen LogP contribution in [0.4, 0.5) is 11.4 Å². The van der Waals surface area contributed by atoms with E-state index in [9.17, 15) is 4.79 Å². The largest absolute Gasteiger partial charge is 0.397 e. The van der Waals surface area contributed by atoms with Crippen molar-refractivity contribution in [2.75, 3.05) is 24.6 Å². The Bertz CT molecular complexity index is 477. The minimum Gasteiger partial charge on any atom is -0.397 e. The van der Waals surface area contributed by atoms with Gasteiger partial charge < -0.3 is 16.0 Å². The molecule has 21 heavy (non-hydrogen) atoms. The molecule has 0 saturated heterocycles. The number of carbonyl (C=O) groups is 1. The molecule has 1 aromatic carbocycles. The number of rotatable bonds is 7. The van der Waals surface area contributed by atoms with E-state index in [0.29, 0.717) is 34.8 Å². The number of nitrogens with zero attached hydrogens (tertiary/aromatic N) is 1. The predicted molar refractivity (Wildman–Crippen MR) is 90.7 cm³/mol. The Kier molecular flexibility index (Phi) is 6.99. The summed E-state index contributed by atoms with van der Waals surface area (Å²) in [7, 11) is 2.05. The van der Waals surface area contributed by atoms with Crippen molar-refractivity contribution >= 4 is 28.9 Å². The number of amides is 1. The van der Waals surface area contributed by atoms with Gasteiger partial charge in [-0.2, -0.15) is 0 Å². The van der Waals surface area contributed by atoms with Gasteiger partial charge in [-0.25, -0.2) is 0 Å². The Balaban J connectivity index is 2.43. The zero-order valence-electron chi connectivity index (χ0n) is 13.3. The van der Waals surface area contributed by atoms with Crippen LogP contribution >= 0.6 is 11.6 Å². The molecule has 1 rings (SSSR count). The zero-order chi connectivity index (χ0) is 16.0. The SMILES string of the molecule is CC(C)CC(C)N(C)CCC(=O)Nc1ccc(Cl)cc1N. The second kappa shape index (κ2) is 8.25. The van der Waals surface area contributed by atoms with Crippen LogP contribution in [-0.4, -0.2) is 30.4 Å². The predicted octanol–water partition coefficient (Wildman–Crippen LogP) is 3.62. The van der Waals surface area contributed by atoms with Gasteiger partial charge in [-0.15, -0.1) is 0 Å². The van der Waals surface area contributed by atoms with E-state index in [4.69, 9.17) is 17.3 Å². The number of nitrogens with one attached hydrogen (secondary N) is 1. The van der Waals surface area contributed by atoms with Crippen LogP contribution in [0.5, 0.6) is 0 Å². The topological polar surface area (TPSA) is 58.4 Å². The minimum atomic E-state index is -0.0346. The lowest BCUT2D eigenvalue weighted by Gasteiger charge is -2.25. The van der Waals surface area contributed by atoms with E-state index < -0.39 is 0 Å². The Morgan fingerprint density at radius 2 is 2.05 bits per heavy atom. The van der Waals surface area contributed by atoms with Gasteiger partial charge in [0.2, 0.25) is 5.91 Å². The van der Waals surface area contributed by atoms with Gasteiger partial charge in [0.1, 0.15) is 0 Å². The lowest BCUT2D eigenvalue weighted by atomic mass is 10.0. The molecule has 118 valence electrons. The molecule has 0 aliphatic heterocycles. The number of hydrogen-bond acceptors (Lipinski definition) is 3. The van der Waals surface area contributed by atoms with Crippen molar-refractivity contribution in [1.82, 2.24) is 4.90 Å². The number of carbonyl (C=O) groups excluding carboxylic acids is 1. The molecule has 4 nitrogen and oxygen atoms in total. The Hall–Kier alpha value is -1.26. The molecule has 0 aromatic heterocycles. The standard InChI is InChI=1S/C16H26ClN3O/c1-11(2)9-12(3)20(4)8-7-16(21)19-15-6-5-13(17)10-14(15)18/h5-6,10-12H,7-9,18H2,1-4H3,(H,19,21). The molecule has 0 fully saturated rings. The van der Waals surface area contributed by atoms with Crippen LogP contribution in [0.15, 0.2) is 18.2 Å². The molecule has 0 heterocycles. The highest BCUT2D eigenvalue weighted by Crippen LogP contribution is 2.22. The Labute approximate surface area is 132 Å². The van der Waals surface area contributed by atoms with Crippen molar-refractivity contribution in [3.05, 3.63) is 23.2 Å². The first-order valence-electron chi connectivity index (χ1n) is 7.34. The summed E-state index contributed by atoms with van der Waals surface area (Å²) in [5.41, 5.74) is 6.92. The molecule has 5 heteroatoms. The molecule has 0 spiro atoms. The minimum absolute atomic E-state index is 0.0346. The van der Waals surface area contributed by atoms with Gasteiger partial charge in [0.15, 0.2) is 0 Å². The fourth-order valence-electron chi connectivity index (χ4n) is 2.22. The summed E-state index contributed by atoms with van der Waals surface area (Å²) >= 11 is 5.83. The molecular weight excluding hydrogens is 286 g/mol. The van der Waals surface area contributed by atoms with Gasteiger partial charge in [0.25, 0.3) is 0 Å². The van der Waals surface area contributed by atoms with Crippen molar-refractivity contribution in [1.29, 1.82) is 0 Å². The van der Waals surface area contributed by atoms with Crippen LogP contribution < -0.4 is 11.1 Å². The third-order valence-electron chi connectivity index (χ3n) is 3.54. The van der Waals surface area contributed by atoms with E-state index in [1.807, 2.05) is 0 Å². The summed E-state index contributed by atoms with van der Waals surface area (Å²) in [6.07, 6.45) is 1.57. The average molecular weight is 312 g/mol. The molecule has 0 saturated carbocycles. The van der Waals surface area contributed by atoms with E-state index >= 15 is 0 Å². The number of halogens is 1. The molecule has 1 amide bonds. The van der Waals surface area contributed by atoms with Gasteiger partial charge in [-0.3, -0.25) is 4.79 Å². The number of anilines is 2. The maximum absolute atomic E-state index is 12.0. The molecule has 0 aliphatic carbocycles. The highest BCUT2D eigenvalue weighted by molar-refractivity contribution is 6.31. The van der Waals surface area contributed by atoms with Gasteiger partial charge in [-0.05, 0) is 44.5 Å². The van der Waals surface area contributed by atoms with Gasteiger partial charge in [-0.1, -0.05) is 25.4 Å². The summed E-state index contributed by atoms with van der Waals surface area (Å²) in [6.45, 7) is 7.34. The normalized spacial score (nSPS) is 12.7. The monoisotopic (exact) mass is 311 g/mol. The summed E-state index contributed by atoms with van der Waals surface area (Å²) in [5, 5.41) is 3.39. The van der Waals surface area contributed by atoms with Crippen LogP contribution in [0.2, 0.25) is 5.02 Å². The van der Waals surface area contributed by atoms with E-state index in [2.05, 4.69) is 38.0 Å². The molecule has 1 aromatic rings. The first-order valence-corrected chi connectivity index (χ1v) is 7.72. The number of benzene rings is 1. The second-order valence-electron chi connectivity index (χ2n) is 5.99. The molecular formula is C16H26ClN3O. The molecule has 0 aliphatic rings. The van der Waals surface area contributed by atoms with Crippen molar-refractivity contribution < 1.29 is 4.79 Å².